The summed E-state index contributed by atoms with van der Waals surface area (Å²) in [5.74, 6) is 0.567. The van der Waals surface area contributed by atoms with E-state index in [2.05, 4.69) is 22.9 Å². The van der Waals surface area contributed by atoms with Crippen molar-refractivity contribution in [2.75, 3.05) is 5.33 Å². The maximum atomic E-state index is 12.0. The molecule has 4 heteroatoms. The minimum Gasteiger partial charge on any atom is -0.299 e. The second-order valence-electron chi connectivity index (χ2n) is 4.68. The van der Waals surface area contributed by atoms with E-state index >= 15 is 0 Å². The molecule has 0 radical (unpaired) electrons. The molecular formula is C12H19BrN2O. The molecule has 16 heavy (non-hydrogen) atoms. The van der Waals surface area contributed by atoms with E-state index in [0.29, 0.717) is 12.0 Å². The molecule has 3 nitrogen and oxygen atoms in total. The molecule has 2 rings (SSSR count). The largest absolute Gasteiger partial charge is 0.328 e. The van der Waals surface area contributed by atoms with Crippen molar-refractivity contribution in [2.24, 2.45) is 5.92 Å². The molecule has 0 aromatic carbocycles. The first-order valence-electron chi connectivity index (χ1n) is 6.09. The van der Waals surface area contributed by atoms with Gasteiger partial charge in [-0.05, 0) is 25.2 Å². The van der Waals surface area contributed by atoms with Crippen molar-refractivity contribution < 1.29 is 0 Å². The van der Waals surface area contributed by atoms with E-state index in [4.69, 9.17) is 0 Å². The maximum Gasteiger partial charge on any atom is 0.328 e. The maximum absolute atomic E-state index is 12.0. The number of rotatable bonds is 6. The lowest BCUT2D eigenvalue weighted by Gasteiger charge is -2.12. The van der Waals surface area contributed by atoms with Crippen LogP contribution in [0, 0.1) is 5.92 Å². The van der Waals surface area contributed by atoms with Gasteiger partial charge in [0.25, 0.3) is 0 Å². The SMILES string of the molecule is CCCC(CBr)Cn1ccn(C2CC2)c1=O. The van der Waals surface area contributed by atoms with E-state index in [1.165, 1.54) is 25.7 Å². The minimum absolute atomic E-state index is 0.171. The number of halogens is 1. The van der Waals surface area contributed by atoms with Gasteiger partial charge in [-0.1, -0.05) is 29.3 Å². The molecule has 1 aliphatic rings. The quantitative estimate of drug-likeness (QED) is 0.739. The Morgan fingerprint density at radius 1 is 1.50 bits per heavy atom. The summed E-state index contributed by atoms with van der Waals surface area (Å²) in [5.41, 5.74) is 0.171. The predicted molar refractivity (Wildman–Crippen MR) is 69.2 cm³/mol. The van der Waals surface area contributed by atoms with Crippen LogP contribution in [0.2, 0.25) is 0 Å². The predicted octanol–water partition coefficient (Wildman–Crippen LogP) is 2.80. The van der Waals surface area contributed by atoms with Gasteiger partial charge >= 0.3 is 5.69 Å². The molecule has 90 valence electrons. The minimum atomic E-state index is 0.171. The topological polar surface area (TPSA) is 26.9 Å². The van der Waals surface area contributed by atoms with Crippen molar-refractivity contribution in [3.63, 3.8) is 0 Å². The number of hydrogen-bond acceptors (Lipinski definition) is 1. The van der Waals surface area contributed by atoms with Crippen molar-refractivity contribution in [1.82, 2.24) is 9.13 Å². The van der Waals surface area contributed by atoms with Crippen LogP contribution in [0.1, 0.15) is 38.6 Å². The molecule has 1 aliphatic carbocycles. The number of imidazole rings is 1. The molecule has 1 saturated carbocycles. The highest BCUT2D eigenvalue weighted by atomic mass is 79.9. The van der Waals surface area contributed by atoms with Crippen molar-refractivity contribution in [3.8, 4) is 0 Å². The fraction of sp³-hybridized carbons (Fsp3) is 0.750. The van der Waals surface area contributed by atoms with E-state index < -0.39 is 0 Å². The highest BCUT2D eigenvalue weighted by Crippen LogP contribution is 2.33. The molecule has 1 heterocycles. The van der Waals surface area contributed by atoms with Gasteiger partial charge in [0.05, 0.1) is 0 Å². The van der Waals surface area contributed by atoms with Crippen LogP contribution in [0.4, 0.5) is 0 Å². The number of hydrogen-bond donors (Lipinski definition) is 0. The van der Waals surface area contributed by atoms with E-state index in [1.54, 1.807) is 0 Å². The third-order valence-corrected chi connectivity index (χ3v) is 4.10. The number of nitrogens with zero attached hydrogens (tertiary/aromatic N) is 2. The highest BCUT2D eigenvalue weighted by molar-refractivity contribution is 9.09. The van der Waals surface area contributed by atoms with Crippen LogP contribution in [-0.4, -0.2) is 14.5 Å². The molecule has 1 atom stereocenters. The van der Waals surface area contributed by atoms with Crippen molar-refractivity contribution in [2.45, 2.75) is 45.2 Å². The molecule has 1 aromatic heterocycles. The molecule has 0 spiro atoms. The number of aromatic nitrogens is 2. The Balaban J connectivity index is 2.05. The van der Waals surface area contributed by atoms with Crippen molar-refractivity contribution in [3.05, 3.63) is 22.9 Å². The Hall–Kier alpha value is -0.510. The van der Waals surface area contributed by atoms with Gasteiger partial charge in [0.15, 0.2) is 0 Å². The first kappa shape index (κ1) is 12.0. The molecular weight excluding hydrogens is 268 g/mol. The average Bonchev–Trinajstić information content (AvgIpc) is 3.05. The molecule has 0 saturated heterocycles. The van der Waals surface area contributed by atoms with E-state index in [-0.39, 0.29) is 5.69 Å². The van der Waals surface area contributed by atoms with Gasteiger partial charge in [0.2, 0.25) is 0 Å². The molecule has 0 amide bonds. The average molecular weight is 287 g/mol. The lowest BCUT2D eigenvalue weighted by atomic mass is 10.1. The summed E-state index contributed by atoms with van der Waals surface area (Å²) in [5, 5.41) is 0.974. The Bertz CT molecular complexity index is 392. The molecule has 1 fully saturated rings. The summed E-state index contributed by atoms with van der Waals surface area (Å²) >= 11 is 3.52. The Kier molecular flexibility index (Phi) is 3.90. The van der Waals surface area contributed by atoms with Gasteiger partial charge < -0.3 is 0 Å². The van der Waals surface area contributed by atoms with Crippen LogP contribution in [0.3, 0.4) is 0 Å². The third kappa shape index (κ3) is 2.59. The van der Waals surface area contributed by atoms with Crippen LogP contribution < -0.4 is 5.69 Å². The summed E-state index contributed by atoms with van der Waals surface area (Å²) in [7, 11) is 0. The van der Waals surface area contributed by atoms with Gasteiger partial charge in [-0.15, -0.1) is 0 Å². The zero-order chi connectivity index (χ0) is 11.5. The number of alkyl halides is 1. The standard InChI is InChI=1S/C12H19BrN2O/c1-2-3-10(8-13)9-14-6-7-15(12(14)16)11-4-5-11/h6-7,10-11H,2-5,8-9H2,1H3. The van der Waals surface area contributed by atoms with E-state index in [0.717, 1.165) is 11.9 Å². The molecule has 0 aliphatic heterocycles. The summed E-state index contributed by atoms with van der Waals surface area (Å²) in [6.07, 6.45) is 8.56. The van der Waals surface area contributed by atoms with Gasteiger partial charge in [0.1, 0.15) is 0 Å². The highest BCUT2D eigenvalue weighted by Gasteiger charge is 2.25. The lowest BCUT2D eigenvalue weighted by molar-refractivity contribution is 0.443. The van der Waals surface area contributed by atoms with Gasteiger partial charge in [-0.25, -0.2) is 4.79 Å². The first-order valence-corrected chi connectivity index (χ1v) is 7.21. The fourth-order valence-corrected chi connectivity index (χ4v) is 2.63. The fourth-order valence-electron chi connectivity index (χ4n) is 2.10. The third-order valence-electron chi connectivity index (χ3n) is 3.18. The summed E-state index contributed by atoms with van der Waals surface area (Å²) in [4.78, 5) is 12.0. The van der Waals surface area contributed by atoms with Crippen molar-refractivity contribution in [1.29, 1.82) is 0 Å². The molecule has 1 aromatic rings. The molecule has 0 bridgehead atoms. The van der Waals surface area contributed by atoms with Crippen LogP contribution in [0.25, 0.3) is 0 Å². The summed E-state index contributed by atoms with van der Waals surface area (Å²) in [6.45, 7) is 3.03. The second kappa shape index (κ2) is 5.21. The van der Waals surface area contributed by atoms with Crippen LogP contribution >= 0.6 is 15.9 Å². The second-order valence-corrected chi connectivity index (χ2v) is 5.33. The summed E-state index contributed by atoms with van der Waals surface area (Å²) in [6, 6.07) is 0.488. The lowest BCUT2D eigenvalue weighted by Crippen LogP contribution is -2.26. The smallest absolute Gasteiger partial charge is 0.299 e. The zero-order valence-corrected chi connectivity index (χ0v) is 11.3. The van der Waals surface area contributed by atoms with E-state index in [9.17, 15) is 4.79 Å². The zero-order valence-electron chi connectivity index (χ0n) is 9.73. The Morgan fingerprint density at radius 2 is 2.25 bits per heavy atom. The van der Waals surface area contributed by atoms with Gasteiger partial charge in [-0.2, -0.15) is 0 Å². The van der Waals surface area contributed by atoms with Crippen LogP contribution in [0.5, 0.6) is 0 Å². The van der Waals surface area contributed by atoms with Crippen molar-refractivity contribution >= 4 is 15.9 Å². The van der Waals surface area contributed by atoms with E-state index in [1.807, 2.05) is 21.5 Å². The van der Waals surface area contributed by atoms with Crippen LogP contribution in [0.15, 0.2) is 17.2 Å². The summed E-state index contributed by atoms with van der Waals surface area (Å²) < 4.78 is 3.75. The van der Waals surface area contributed by atoms with Gasteiger partial charge in [-0.3, -0.25) is 9.13 Å². The molecule has 1 unspecified atom stereocenters. The first-order chi connectivity index (χ1) is 7.76. The molecule has 0 N–H and O–H groups in total. The normalized spacial score (nSPS) is 17.6. The van der Waals surface area contributed by atoms with Crippen LogP contribution in [-0.2, 0) is 6.54 Å². The monoisotopic (exact) mass is 286 g/mol. The van der Waals surface area contributed by atoms with Gasteiger partial charge in [0, 0.05) is 30.3 Å². The Morgan fingerprint density at radius 3 is 2.81 bits per heavy atom. The Labute approximate surface area is 105 Å².